The van der Waals surface area contributed by atoms with Crippen molar-refractivity contribution in [1.29, 1.82) is 0 Å². The second kappa shape index (κ2) is 6.67. The Labute approximate surface area is 106 Å². The van der Waals surface area contributed by atoms with Crippen LogP contribution in [0, 0.1) is 0 Å². The van der Waals surface area contributed by atoms with E-state index in [1.807, 2.05) is 0 Å². The van der Waals surface area contributed by atoms with Crippen LogP contribution >= 0.6 is 0 Å². The van der Waals surface area contributed by atoms with E-state index in [2.05, 4.69) is 0 Å². The molecule has 1 rings (SSSR count). The van der Waals surface area contributed by atoms with Crippen LogP contribution in [-0.4, -0.2) is 67.4 Å². The number of nitrogens with zero attached hydrogens (tertiary/aromatic N) is 1. The fourth-order valence-corrected chi connectivity index (χ4v) is 1.88. The summed E-state index contributed by atoms with van der Waals surface area (Å²) in [6.07, 6.45) is 0.823. The second-order valence-corrected chi connectivity index (χ2v) is 4.38. The van der Waals surface area contributed by atoms with E-state index in [9.17, 15) is 9.59 Å². The predicted octanol–water partition coefficient (Wildman–Crippen LogP) is -0.946. The smallest absolute Gasteiger partial charge is 0.323 e. The van der Waals surface area contributed by atoms with Crippen LogP contribution in [0.1, 0.15) is 12.8 Å². The van der Waals surface area contributed by atoms with Gasteiger partial charge < -0.3 is 25.2 Å². The van der Waals surface area contributed by atoms with Gasteiger partial charge in [-0.3, -0.25) is 9.59 Å². The summed E-state index contributed by atoms with van der Waals surface area (Å²) in [6.45, 7) is 0.996. The number of methoxy groups -OCH3 is 1. The zero-order chi connectivity index (χ0) is 13.6. The Kier molecular flexibility index (Phi) is 5.52. The third-order valence-corrected chi connectivity index (χ3v) is 2.99. The second-order valence-electron chi connectivity index (χ2n) is 4.38. The lowest BCUT2D eigenvalue weighted by Gasteiger charge is -2.36. The Balaban J connectivity index is 2.69. The molecule has 0 spiro atoms. The molecule has 0 aromatic heterocycles. The van der Waals surface area contributed by atoms with Crippen molar-refractivity contribution in [2.24, 2.45) is 5.73 Å². The van der Waals surface area contributed by atoms with Gasteiger partial charge in [0.05, 0.1) is 12.1 Å². The highest BCUT2D eigenvalue weighted by Crippen LogP contribution is 2.20. The molecule has 18 heavy (non-hydrogen) atoms. The average Bonchev–Trinajstić information content (AvgIpc) is 2.34. The number of hydrogen-bond donors (Lipinski definition) is 2. The van der Waals surface area contributed by atoms with Gasteiger partial charge in [-0.05, 0) is 12.8 Å². The van der Waals surface area contributed by atoms with E-state index in [1.54, 1.807) is 0 Å². The summed E-state index contributed by atoms with van der Waals surface area (Å²) >= 11 is 0. The molecule has 0 atom stereocenters. The molecule has 0 unspecified atom stereocenters. The van der Waals surface area contributed by atoms with E-state index in [0.717, 1.165) is 0 Å². The zero-order valence-electron chi connectivity index (χ0n) is 10.6. The molecule has 0 aromatic rings. The third kappa shape index (κ3) is 3.94. The van der Waals surface area contributed by atoms with Crippen LogP contribution < -0.4 is 5.73 Å². The number of carboxylic acid groups (broad SMARTS) is 1. The number of carbonyl (C=O) groups excluding carboxylic acids is 1. The molecule has 1 aliphatic heterocycles. The molecular formula is C11H20N2O5. The number of rotatable bonds is 6. The highest BCUT2D eigenvalue weighted by atomic mass is 16.5. The normalized spacial score (nSPS) is 18.3. The van der Waals surface area contributed by atoms with Crippen molar-refractivity contribution < 1.29 is 24.2 Å². The Morgan fingerprint density at radius 2 is 2.06 bits per heavy atom. The van der Waals surface area contributed by atoms with Crippen LogP contribution in [-0.2, 0) is 19.1 Å². The van der Waals surface area contributed by atoms with Crippen molar-refractivity contribution in [3.8, 4) is 0 Å². The van der Waals surface area contributed by atoms with Gasteiger partial charge >= 0.3 is 5.97 Å². The van der Waals surface area contributed by atoms with Gasteiger partial charge in [0.1, 0.15) is 6.54 Å². The average molecular weight is 260 g/mol. The minimum absolute atomic E-state index is 0.224. The number of amides is 1. The van der Waals surface area contributed by atoms with E-state index in [1.165, 1.54) is 12.0 Å². The van der Waals surface area contributed by atoms with Crippen molar-refractivity contribution in [2.45, 2.75) is 18.4 Å². The SMILES string of the molecule is COCCN(CC(=O)O)C(=O)C1(N)CCOCC1. The molecule has 1 aliphatic rings. The van der Waals surface area contributed by atoms with Crippen LogP contribution in [0.15, 0.2) is 0 Å². The maximum absolute atomic E-state index is 12.3. The fraction of sp³-hybridized carbons (Fsp3) is 0.818. The maximum Gasteiger partial charge on any atom is 0.323 e. The molecule has 0 radical (unpaired) electrons. The lowest BCUT2D eigenvalue weighted by Crippen LogP contribution is -2.59. The van der Waals surface area contributed by atoms with E-state index < -0.39 is 11.5 Å². The molecule has 3 N–H and O–H groups in total. The summed E-state index contributed by atoms with van der Waals surface area (Å²) in [5, 5.41) is 8.81. The maximum atomic E-state index is 12.3. The number of aliphatic carboxylic acids is 1. The van der Waals surface area contributed by atoms with E-state index in [0.29, 0.717) is 26.1 Å². The predicted molar refractivity (Wildman–Crippen MR) is 63.1 cm³/mol. The Bertz CT molecular complexity index is 302. The monoisotopic (exact) mass is 260 g/mol. The topological polar surface area (TPSA) is 102 Å². The summed E-state index contributed by atoms with van der Waals surface area (Å²) < 4.78 is 10.0. The molecule has 0 aromatic carbocycles. The standard InChI is InChI=1S/C11H20N2O5/c1-17-7-4-13(8-9(14)15)10(16)11(12)2-5-18-6-3-11/h2-8,12H2,1H3,(H,14,15). The van der Waals surface area contributed by atoms with Gasteiger partial charge in [0.15, 0.2) is 0 Å². The highest BCUT2D eigenvalue weighted by molar-refractivity contribution is 5.88. The third-order valence-electron chi connectivity index (χ3n) is 2.99. The summed E-state index contributed by atoms with van der Waals surface area (Å²) in [6, 6.07) is 0. The Morgan fingerprint density at radius 3 is 2.56 bits per heavy atom. The molecule has 7 nitrogen and oxygen atoms in total. The molecule has 0 aliphatic carbocycles. The van der Waals surface area contributed by atoms with Gasteiger partial charge in [0.25, 0.3) is 0 Å². The van der Waals surface area contributed by atoms with E-state index >= 15 is 0 Å². The number of carboxylic acids is 1. The first-order chi connectivity index (χ1) is 8.49. The van der Waals surface area contributed by atoms with Gasteiger partial charge in [-0.1, -0.05) is 0 Å². The molecule has 104 valence electrons. The van der Waals surface area contributed by atoms with Gasteiger partial charge in [0.2, 0.25) is 5.91 Å². The molecule has 0 bridgehead atoms. The Hall–Kier alpha value is -1.18. The van der Waals surface area contributed by atoms with Crippen molar-refractivity contribution in [1.82, 2.24) is 4.90 Å². The van der Waals surface area contributed by atoms with Gasteiger partial charge in [0, 0.05) is 26.9 Å². The number of nitrogens with two attached hydrogens (primary N) is 1. The molecule has 1 heterocycles. The molecule has 0 saturated carbocycles. The summed E-state index contributed by atoms with van der Waals surface area (Å²) in [7, 11) is 1.50. The van der Waals surface area contributed by atoms with Crippen LogP contribution in [0.3, 0.4) is 0 Å². The quantitative estimate of drug-likeness (QED) is 0.638. The van der Waals surface area contributed by atoms with Crippen molar-refractivity contribution >= 4 is 11.9 Å². The van der Waals surface area contributed by atoms with Crippen LogP contribution in [0.4, 0.5) is 0 Å². The first-order valence-electron chi connectivity index (χ1n) is 5.86. The summed E-state index contributed by atoms with van der Waals surface area (Å²) in [5.41, 5.74) is 5.03. The van der Waals surface area contributed by atoms with Crippen LogP contribution in [0.5, 0.6) is 0 Å². The molecule has 1 amide bonds. The molecule has 7 heteroatoms. The first kappa shape index (κ1) is 14.9. The Morgan fingerprint density at radius 1 is 1.44 bits per heavy atom. The lowest BCUT2D eigenvalue weighted by atomic mass is 9.89. The summed E-state index contributed by atoms with van der Waals surface area (Å²) in [4.78, 5) is 24.3. The van der Waals surface area contributed by atoms with Crippen molar-refractivity contribution in [2.75, 3.05) is 40.0 Å². The largest absolute Gasteiger partial charge is 0.480 e. The van der Waals surface area contributed by atoms with Crippen LogP contribution in [0.2, 0.25) is 0 Å². The number of ether oxygens (including phenoxy) is 2. The first-order valence-corrected chi connectivity index (χ1v) is 5.86. The number of carbonyl (C=O) groups is 2. The van der Waals surface area contributed by atoms with Crippen molar-refractivity contribution in [3.05, 3.63) is 0 Å². The summed E-state index contributed by atoms with van der Waals surface area (Å²) in [5.74, 6) is -1.40. The molecule has 1 saturated heterocycles. The van der Waals surface area contributed by atoms with Gasteiger partial charge in [-0.15, -0.1) is 0 Å². The van der Waals surface area contributed by atoms with E-state index in [4.69, 9.17) is 20.3 Å². The number of hydrogen-bond acceptors (Lipinski definition) is 5. The zero-order valence-corrected chi connectivity index (χ0v) is 10.6. The van der Waals surface area contributed by atoms with Gasteiger partial charge in [-0.25, -0.2) is 0 Å². The van der Waals surface area contributed by atoms with Gasteiger partial charge in [-0.2, -0.15) is 0 Å². The van der Waals surface area contributed by atoms with Crippen molar-refractivity contribution in [3.63, 3.8) is 0 Å². The van der Waals surface area contributed by atoms with Crippen LogP contribution in [0.25, 0.3) is 0 Å². The minimum Gasteiger partial charge on any atom is -0.480 e. The fourth-order valence-electron chi connectivity index (χ4n) is 1.88. The highest BCUT2D eigenvalue weighted by Gasteiger charge is 2.39. The lowest BCUT2D eigenvalue weighted by molar-refractivity contribution is -0.149. The molecular weight excluding hydrogens is 240 g/mol. The minimum atomic E-state index is -1.06. The van der Waals surface area contributed by atoms with E-state index in [-0.39, 0.29) is 25.6 Å². The molecule has 1 fully saturated rings.